The molecule has 2 rings (SSSR count). The van der Waals surface area contributed by atoms with Gasteiger partial charge >= 0.3 is 12.2 Å². The van der Waals surface area contributed by atoms with Crippen LogP contribution in [-0.4, -0.2) is 57.0 Å². The van der Waals surface area contributed by atoms with Crippen LogP contribution in [0.25, 0.3) is 0 Å². The van der Waals surface area contributed by atoms with Gasteiger partial charge in [0.1, 0.15) is 0 Å². The Morgan fingerprint density at radius 2 is 2.24 bits per heavy atom. The van der Waals surface area contributed by atoms with E-state index in [9.17, 15) is 23.1 Å². The second-order valence-electron chi connectivity index (χ2n) is 5.09. The lowest BCUT2D eigenvalue weighted by Crippen LogP contribution is -2.49. The summed E-state index contributed by atoms with van der Waals surface area (Å²) in [5.41, 5.74) is -2.79. The van der Waals surface area contributed by atoms with Crippen molar-refractivity contribution in [3.8, 4) is 0 Å². The van der Waals surface area contributed by atoms with Gasteiger partial charge in [-0.25, -0.2) is 9.78 Å². The predicted octanol–water partition coefficient (Wildman–Crippen LogP) is 0.982. The van der Waals surface area contributed by atoms with Crippen LogP contribution in [-0.2, 0) is 6.54 Å². The molecule has 1 fully saturated rings. The molecule has 6 nitrogen and oxygen atoms in total. The molecule has 1 saturated heterocycles. The summed E-state index contributed by atoms with van der Waals surface area (Å²) in [6, 6.07) is -0.583. The van der Waals surface area contributed by atoms with Gasteiger partial charge in [-0.1, -0.05) is 0 Å². The molecule has 0 aliphatic carbocycles. The van der Waals surface area contributed by atoms with Crippen molar-refractivity contribution in [1.29, 1.82) is 0 Å². The Kier molecular flexibility index (Phi) is 4.40. The highest BCUT2D eigenvalue weighted by atomic mass is 19.4. The number of nitrogens with one attached hydrogen (secondary N) is 1. The van der Waals surface area contributed by atoms with E-state index in [1.807, 2.05) is 4.57 Å². The first-order valence-corrected chi connectivity index (χ1v) is 6.59. The maximum Gasteiger partial charge on any atom is 0.419 e. The van der Waals surface area contributed by atoms with E-state index in [0.29, 0.717) is 19.5 Å². The fourth-order valence-electron chi connectivity index (χ4n) is 2.19. The largest absolute Gasteiger partial charge is 0.419 e. The maximum absolute atomic E-state index is 12.6. The SMILES string of the molecule is O=C(NCCCn1ccnc1)N1CCC(O)(C(F)(F)F)C1. The van der Waals surface area contributed by atoms with Gasteiger partial charge in [0.05, 0.1) is 12.9 Å². The van der Waals surface area contributed by atoms with Crippen LogP contribution in [0.15, 0.2) is 18.7 Å². The molecule has 1 aromatic rings. The van der Waals surface area contributed by atoms with E-state index < -0.39 is 30.8 Å². The van der Waals surface area contributed by atoms with E-state index in [2.05, 4.69) is 10.3 Å². The molecule has 1 unspecified atom stereocenters. The summed E-state index contributed by atoms with van der Waals surface area (Å²) >= 11 is 0. The fourth-order valence-corrected chi connectivity index (χ4v) is 2.19. The molecule has 2 N–H and O–H groups in total. The third-order valence-electron chi connectivity index (χ3n) is 3.49. The van der Waals surface area contributed by atoms with Crippen LogP contribution in [0, 0.1) is 0 Å². The quantitative estimate of drug-likeness (QED) is 0.815. The number of likely N-dealkylation sites (tertiary alicyclic amines) is 1. The Balaban J connectivity index is 1.72. The van der Waals surface area contributed by atoms with Crippen LogP contribution in [0.4, 0.5) is 18.0 Å². The molecule has 9 heteroatoms. The maximum atomic E-state index is 12.6. The van der Waals surface area contributed by atoms with Crippen molar-refractivity contribution in [3.05, 3.63) is 18.7 Å². The number of hydrogen-bond acceptors (Lipinski definition) is 3. The lowest BCUT2D eigenvalue weighted by atomic mass is 10.0. The number of β-amino-alcohol motifs (C(OH)–C–C–N with tert-alkyl or cyclic N) is 1. The molecular formula is C12H17F3N4O2. The summed E-state index contributed by atoms with van der Waals surface area (Å²) in [4.78, 5) is 16.6. The highest BCUT2D eigenvalue weighted by Gasteiger charge is 2.57. The van der Waals surface area contributed by atoms with Crippen molar-refractivity contribution in [2.24, 2.45) is 0 Å². The molecule has 0 aromatic carbocycles. The van der Waals surface area contributed by atoms with E-state index in [0.717, 1.165) is 4.90 Å². The van der Waals surface area contributed by atoms with Crippen LogP contribution in [0.5, 0.6) is 0 Å². The molecule has 2 amide bonds. The summed E-state index contributed by atoms with van der Waals surface area (Å²) in [6.45, 7) is 0.179. The number of amides is 2. The van der Waals surface area contributed by atoms with Crippen LogP contribution in [0.3, 0.4) is 0 Å². The zero-order chi connectivity index (χ0) is 15.5. The van der Waals surface area contributed by atoms with Gasteiger partial charge in [-0.05, 0) is 6.42 Å². The summed E-state index contributed by atoms with van der Waals surface area (Å²) in [6.07, 6.45) is 0.500. The normalized spacial score (nSPS) is 22.6. The summed E-state index contributed by atoms with van der Waals surface area (Å²) in [5.74, 6) is 0. The average Bonchev–Trinajstić information content (AvgIpc) is 3.03. The molecule has 0 saturated carbocycles. The molecular weight excluding hydrogens is 289 g/mol. The number of nitrogens with zero attached hydrogens (tertiary/aromatic N) is 3. The molecule has 1 atom stereocenters. The van der Waals surface area contributed by atoms with Gasteiger partial charge in [-0.15, -0.1) is 0 Å². The van der Waals surface area contributed by atoms with Gasteiger partial charge < -0.3 is 19.9 Å². The number of hydrogen-bond donors (Lipinski definition) is 2. The summed E-state index contributed by atoms with van der Waals surface area (Å²) in [5, 5.41) is 12.0. The predicted molar refractivity (Wildman–Crippen MR) is 67.4 cm³/mol. The van der Waals surface area contributed by atoms with E-state index in [1.54, 1.807) is 18.7 Å². The first kappa shape index (κ1) is 15.6. The van der Waals surface area contributed by atoms with Gasteiger partial charge in [0.15, 0.2) is 5.60 Å². The number of aromatic nitrogens is 2. The zero-order valence-electron chi connectivity index (χ0n) is 11.3. The topological polar surface area (TPSA) is 70.4 Å². The number of alkyl halides is 3. The number of urea groups is 1. The van der Waals surface area contributed by atoms with Crippen LogP contribution in [0.2, 0.25) is 0 Å². The van der Waals surface area contributed by atoms with Gasteiger partial charge in [0.25, 0.3) is 0 Å². The standard InChI is InChI=1S/C12H17F3N4O2/c13-12(14,15)11(21)2-6-19(8-11)10(20)17-3-1-5-18-7-4-16-9-18/h4,7,9,21H,1-3,5-6,8H2,(H,17,20). The fraction of sp³-hybridized carbons (Fsp3) is 0.667. The van der Waals surface area contributed by atoms with E-state index in [1.165, 1.54) is 0 Å². The minimum Gasteiger partial charge on any atom is -0.379 e. The number of aryl methyl sites for hydroxylation is 1. The van der Waals surface area contributed by atoms with Gasteiger partial charge in [-0.2, -0.15) is 13.2 Å². The van der Waals surface area contributed by atoms with Crippen molar-refractivity contribution in [3.63, 3.8) is 0 Å². The number of aliphatic hydroxyl groups is 1. The van der Waals surface area contributed by atoms with Crippen LogP contribution in [0.1, 0.15) is 12.8 Å². The Bertz CT molecular complexity index is 477. The van der Waals surface area contributed by atoms with E-state index in [4.69, 9.17) is 0 Å². The minimum atomic E-state index is -4.72. The van der Waals surface area contributed by atoms with Crippen molar-refractivity contribution in [1.82, 2.24) is 19.8 Å². The number of rotatable bonds is 4. The zero-order valence-corrected chi connectivity index (χ0v) is 11.3. The first-order valence-electron chi connectivity index (χ1n) is 6.59. The molecule has 1 aliphatic heterocycles. The molecule has 2 heterocycles. The average molecular weight is 306 g/mol. The molecule has 1 aromatic heterocycles. The molecule has 0 spiro atoms. The number of imidazole rings is 1. The van der Waals surface area contributed by atoms with Crippen LogP contribution < -0.4 is 5.32 Å². The van der Waals surface area contributed by atoms with Crippen molar-refractivity contribution in [2.45, 2.75) is 31.2 Å². The Labute approximate surface area is 119 Å². The van der Waals surface area contributed by atoms with Gasteiger partial charge in [0.2, 0.25) is 0 Å². The highest BCUT2D eigenvalue weighted by Crippen LogP contribution is 2.37. The Morgan fingerprint density at radius 3 is 2.81 bits per heavy atom. The first-order chi connectivity index (χ1) is 9.82. The van der Waals surface area contributed by atoms with Crippen molar-refractivity contribution >= 4 is 6.03 Å². The molecule has 0 radical (unpaired) electrons. The monoisotopic (exact) mass is 306 g/mol. The van der Waals surface area contributed by atoms with Gasteiger partial charge in [0, 0.05) is 38.4 Å². The summed E-state index contributed by atoms with van der Waals surface area (Å²) in [7, 11) is 0. The smallest absolute Gasteiger partial charge is 0.379 e. The summed E-state index contributed by atoms with van der Waals surface area (Å²) < 4.78 is 39.7. The molecule has 118 valence electrons. The molecule has 21 heavy (non-hydrogen) atoms. The van der Waals surface area contributed by atoms with Crippen molar-refractivity contribution in [2.75, 3.05) is 19.6 Å². The third-order valence-corrected chi connectivity index (χ3v) is 3.49. The lowest BCUT2D eigenvalue weighted by molar-refractivity contribution is -0.253. The third kappa shape index (κ3) is 3.66. The molecule has 0 bridgehead atoms. The second kappa shape index (κ2) is 5.92. The number of halogens is 3. The van der Waals surface area contributed by atoms with Crippen molar-refractivity contribution < 1.29 is 23.1 Å². The lowest BCUT2D eigenvalue weighted by Gasteiger charge is -2.25. The van der Waals surface area contributed by atoms with E-state index in [-0.39, 0.29) is 6.54 Å². The van der Waals surface area contributed by atoms with E-state index >= 15 is 0 Å². The van der Waals surface area contributed by atoms with Gasteiger partial charge in [-0.3, -0.25) is 0 Å². The molecule has 1 aliphatic rings. The number of carbonyl (C=O) groups excluding carboxylic acids is 1. The van der Waals surface area contributed by atoms with Crippen LogP contribution >= 0.6 is 0 Å². The number of carbonyl (C=O) groups is 1. The Morgan fingerprint density at radius 1 is 1.48 bits per heavy atom. The highest BCUT2D eigenvalue weighted by molar-refractivity contribution is 5.74. The minimum absolute atomic E-state index is 0.108. The second-order valence-corrected chi connectivity index (χ2v) is 5.09. The Hall–Kier alpha value is -1.77.